The van der Waals surface area contributed by atoms with Crippen molar-refractivity contribution >= 4 is 5.91 Å². The highest BCUT2D eigenvalue weighted by molar-refractivity contribution is 5.79. The monoisotopic (exact) mass is 260 g/mol. The van der Waals surface area contributed by atoms with E-state index in [1.54, 1.807) is 14.0 Å². The number of hydrogen-bond acceptors (Lipinski definition) is 2. The predicted molar refractivity (Wildman–Crippen MR) is 61.6 cm³/mol. The van der Waals surface area contributed by atoms with Crippen molar-refractivity contribution in [3.05, 3.63) is 35.4 Å². The van der Waals surface area contributed by atoms with Crippen LogP contribution in [0.15, 0.2) is 24.3 Å². The van der Waals surface area contributed by atoms with Crippen LogP contribution in [0.3, 0.4) is 0 Å². The lowest BCUT2D eigenvalue weighted by Gasteiger charge is -2.23. The fraction of sp³-hybridized carbons (Fsp3) is 0.417. The molecule has 0 fully saturated rings. The standard InChI is InChI=1S/C12H15F3N2O/c1-8(11(16)18)17(2)7-9-5-3-4-6-10(9)12(13,14)15/h3-6,8H,7H2,1-2H3,(H2,16,18)/t8-/m0/s1. The SMILES string of the molecule is C[C@@H](C(N)=O)N(C)Cc1ccccc1C(F)(F)F. The van der Waals surface area contributed by atoms with Crippen molar-refractivity contribution in [2.24, 2.45) is 5.73 Å². The highest BCUT2D eigenvalue weighted by Gasteiger charge is 2.33. The summed E-state index contributed by atoms with van der Waals surface area (Å²) in [6.45, 7) is 1.57. The molecule has 0 bridgehead atoms. The number of benzene rings is 1. The lowest BCUT2D eigenvalue weighted by molar-refractivity contribution is -0.138. The summed E-state index contributed by atoms with van der Waals surface area (Å²) in [5, 5.41) is 0. The van der Waals surface area contributed by atoms with E-state index in [9.17, 15) is 18.0 Å². The fourth-order valence-electron chi connectivity index (χ4n) is 1.56. The van der Waals surface area contributed by atoms with E-state index in [0.717, 1.165) is 6.07 Å². The van der Waals surface area contributed by atoms with Crippen LogP contribution in [0.1, 0.15) is 18.1 Å². The van der Waals surface area contributed by atoms with Crippen molar-refractivity contribution in [2.75, 3.05) is 7.05 Å². The average Bonchev–Trinajstić information content (AvgIpc) is 2.27. The van der Waals surface area contributed by atoms with Gasteiger partial charge in [-0.1, -0.05) is 18.2 Å². The number of carbonyl (C=O) groups is 1. The first-order valence-electron chi connectivity index (χ1n) is 5.38. The molecule has 0 saturated carbocycles. The molecule has 1 rings (SSSR count). The Morgan fingerprint density at radius 2 is 1.94 bits per heavy atom. The van der Waals surface area contributed by atoms with Gasteiger partial charge < -0.3 is 5.73 Å². The van der Waals surface area contributed by atoms with Crippen LogP contribution in [0.4, 0.5) is 13.2 Å². The molecule has 3 nitrogen and oxygen atoms in total. The van der Waals surface area contributed by atoms with Crippen molar-refractivity contribution in [3.8, 4) is 0 Å². The van der Waals surface area contributed by atoms with Crippen molar-refractivity contribution in [1.29, 1.82) is 0 Å². The Balaban J connectivity index is 2.95. The molecule has 1 atom stereocenters. The van der Waals surface area contributed by atoms with Crippen LogP contribution >= 0.6 is 0 Å². The number of amides is 1. The first-order valence-corrected chi connectivity index (χ1v) is 5.38. The van der Waals surface area contributed by atoms with Gasteiger partial charge in [0.25, 0.3) is 0 Å². The Morgan fingerprint density at radius 1 is 1.39 bits per heavy atom. The molecule has 1 amide bonds. The molecule has 0 unspecified atom stereocenters. The third kappa shape index (κ3) is 3.46. The summed E-state index contributed by atoms with van der Waals surface area (Å²) >= 11 is 0. The number of hydrogen-bond donors (Lipinski definition) is 1. The quantitative estimate of drug-likeness (QED) is 0.900. The molecule has 0 heterocycles. The van der Waals surface area contributed by atoms with Crippen LogP contribution in [0, 0.1) is 0 Å². The number of primary amides is 1. The lowest BCUT2D eigenvalue weighted by Crippen LogP contribution is -2.40. The average molecular weight is 260 g/mol. The zero-order chi connectivity index (χ0) is 13.9. The third-order valence-electron chi connectivity index (χ3n) is 2.82. The number of carbonyl (C=O) groups excluding carboxylic acids is 1. The van der Waals surface area contributed by atoms with Crippen molar-refractivity contribution < 1.29 is 18.0 Å². The van der Waals surface area contributed by atoms with Gasteiger partial charge in [0.2, 0.25) is 5.91 Å². The van der Waals surface area contributed by atoms with Crippen LogP contribution in [0.5, 0.6) is 0 Å². The molecule has 100 valence electrons. The second kappa shape index (κ2) is 5.39. The number of rotatable bonds is 4. The predicted octanol–water partition coefficient (Wildman–Crippen LogP) is 2.01. The Kier molecular flexibility index (Phi) is 4.34. The summed E-state index contributed by atoms with van der Waals surface area (Å²) in [7, 11) is 1.56. The number of nitrogens with zero attached hydrogens (tertiary/aromatic N) is 1. The van der Waals surface area contributed by atoms with Crippen molar-refractivity contribution in [3.63, 3.8) is 0 Å². The normalized spacial score (nSPS) is 13.7. The van der Waals surface area contributed by atoms with Crippen LogP contribution < -0.4 is 5.73 Å². The highest BCUT2D eigenvalue weighted by atomic mass is 19.4. The second-order valence-electron chi connectivity index (χ2n) is 4.15. The van der Waals surface area contributed by atoms with Gasteiger partial charge >= 0.3 is 6.18 Å². The van der Waals surface area contributed by atoms with Gasteiger partial charge in [-0.2, -0.15) is 13.2 Å². The molecule has 0 aromatic heterocycles. The van der Waals surface area contributed by atoms with E-state index in [0.29, 0.717) is 0 Å². The van der Waals surface area contributed by atoms with Gasteiger partial charge in [0.15, 0.2) is 0 Å². The molecule has 1 aromatic rings. The summed E-state index contributed by atoms with van der Waals surface area (Å²) < 4.78 is 38.2. The molecule has 0 spiro atoms. The zero-order valence-corrected chi connectivity index (χ0v) is 10.2. The first-order chi connectivity index (χ1) is 8.23. The van der Waals surface area contributed by atoms with Gasteiger partial charge in [-0.15, -0.1) is 0 Å². The molecule has 0 aliphatic heterocycles. The minimum atomic E-state index is -4.40. The van der Waals surface area contributed by atoms with Gasteiger partial charge in [0.1, 0.15) is 0 Å². The van der Waals surface area contributed by atoms with E-state index >= 15 is 0 Å². The van der Waals surface area contributed by atoms with Crippen LogP contribution in [0.2, 0.25) is 0 Å². The Morgan fingerprint density at radius 3 is 2.44 bits per heavy atom. The summed E-state index contributed by atoms with van der Waals surface area (Å²) in [5.74, 6) is -0.568. The number of alkyl halides is 3. The molecular formula is C12H15F3N2O. The van der Waals surface area contributed by atoms with E-state index < -0.39 is 23.7 Å². The minimum absolute atomic E-state index is 0.0137. The molecule has 0 aliphatic carbocycles. The highest BCUT2D eigenvalue weighted by Crippen LogP contribution is 2.32. The third-order valence-corrected chi connectivity index (χ3v) is 2.82. The molecule has 2 N–H and O–H groups in total. The summed E-state index contributed by atoms with van der Waals surface area (Å²) in [6.07, 6.45) is -4.40. The van der Waals surface area contributed by atoms with Gasteiger partial charge in [0.05, 0.1) is 11.6 Å². The van der Waals surface area contributed by atoms with Gasteiger partial charge in [-0.3, -0.25) is 9.69 Å². The molecular weight excluding hydrogens is 245 g/mol. The first kappa shape index (κ1) is 14.5. The summed E-state index contributed by atoms with van der Waals surface area (Å²) in [4.78, 5) is 12.5. The molecule has 18 heavy (non-hydrogen) atoms. The summed E-state index contributed by atoms with van der Waals surface area (Å²) in [6, 6.07) is 4.67. The van der Waals surface area contributed by atoms with E-state index in [4.69, 9.17) is 5.73 Å². The Bertz CT molecular complexity index is 432. The topological polar surface area (TPSA) is 46.3 Å². The molecule has 0 saturated heterocycles. The maximum absolute atomic E-state index is 12.7. The molecule has 0 aliphatic rings. The van der Waals surface area contributed by atoms with Crippen LogP contribution in [-0.2, 0) is 17.5 Å². The lowest BCUT2D eigenvalue weighted by atomic mass is 10.1. The molecule has 6 heteroatoms. The van der Waals surface area contributed by atoms with Gasteiger partial charge in [-0.25, -0.2) is 0 Å². The summed E-state index contributed by atoms with van der Waals surface area (Å²) in [5.41, 5.74) is 4.55. The van der Waals surface area contributed by atoms with Crippen molar-refractivity contribution in [2.45, 2.75) is 25.7 Å². The van der Waals surface area contributed by atoms with E-state index in [2.05, 4.69) is 0 Å². The second-order valence-corrected chi connectivity index (χ2v) is 4.15. The maximum atomic E-state index is 12.7. The largest absolute Gasteiger partial charge is 0.416 e. The van der Waals surface area contributed by atoms with Crippen LogP contribution in [0.25, 0.3) is 0 Å². The van der Waals surface area contributed by atoms with Crippen LogP contribution in [-0.4, -0.2) is 23.9 Å². The van der Waals surface area contributed by atoms with Crippen molar-refractivity contribution in [1.82, 2.24) is 4.90 Å². The Hall–Kier alpha value is -1.56. The Labute approximate surface area is 103 Å². The zero-order valence-electron chi connectivity index (χ0n) is 10.2. The van der Waals surface area contributed by atoms with E-state index in [-0.39, 0.29) is 12.1 Å². The fourth-order valence-corrected chi connectivity index (χ4v) is 1.56. The number of likely N-dealkylation sites (N-methyl/N-ethyl adjacent to an activating group) is 1. The van der Waals surface area contributed by atoms with Gasteiger partial charge in [0, 0.05) is 6.54 Å². The minimum Gasteiger partial charge on any atom is -0.368 e. The molecule has 1 aromatic carbocycles. The number of nitrogens with two attached hydrogens (primary N) is 1. The number of halogens is 3. The molecule has 0 radical (unpaired) electrons. The smallest absolute Gasteiger partial charge is 0.368 e. The van der Waals surface area contributed by atoms with E-state index in [1.165, 1.54) is 23.1 Å². The van der Waals surface area contributed by atoms with E-state index in [1.807, 2.05) is 0 Å². The maximum Gasteiger partial charge on any atom is 0.416 e. The van der Waals surface area contributed by atoms with Gasteiger partial charge in [-0.05, 0) is 25.6 Å².